The molecule has 10 heteroatoms. The SMILES string of the molecule is CNC(=O)c1ccc(CNC(=O)c2cnn(-c3ccc(C(F)(F)F)cn3)c2C(C)C)cc1. The molecule has 1 aromatic carbocycles. The minimum atomic E-state index is -4.49. The van der Waals surface area contributed by atoms with Gasteiger partial charge < -0.3 is 10.6 Å². The van der Waals surface area contributed by atoms with Gasteiger partial charge in [0.05, 0.1) is 23.0 Å². The van der Waals surface area contributed by atoms with Crippen molar-refractivity contribution in [2.45, 2.75) is 32.5 Å². The maximum atomic E-state index is 12.8. The fraction of sp³-hybridized carbons (Fsp3) is 0.273. The van der Waals surface area contributed by atoms with Gasteiger partial charge >= 0.3 is 6.18 Å². The third-order valence-electron chi connectivity index (χ3n) is 4.79. The molecule has 0 aliphatic carbocycles. The lowest BCUT2D eigenvalue weighted by Gasteiger charge is -2.13. The minimum Gasteiger partial charge on any atom is -0.355 e. The second kappa shape index (κ2) is 9.21. The molecule has 3 rings (SSSR count). The molecule has 0 atom stereocenters. The topological polar surface area (TPSA) is 88.9 Å². The summed E-state index contributed by atoms with van der Waals surface area (Å²) in [5.41, 5.74) is 1.29. The maximum Gasteiger partial charge on any atom is 0.417 e. The Balaban J connectivity index is 1.79. The number of carbonyl (C=O) groups excluding carboxylic acids is 2. The van der Waals surface area contributed by atoms with Crippen LogP contribution in [0.1, 0.15) is 57.3 Å². The highest BCUT2D eigenvalue weighted by atomic mass is 19.4. The van der Waals surface area contributed by atoms with Gasteiger partial charge in [-0.25, -0.2) is 9.67 Å². The molecule has 0 fully saturated rings. The summed E-state index contributed by atoms with van der Waals surface area (Å²) in [4.78, 5) is 28.3. The fourth-order valence-corrected chi connectivity index (χ4v) is 3.15. The summed E-state index contributed by atoms with van der Waals surface area (Å²) in [6.45, 7) is 3.94. The molecule has 0 bridgehead atoms. The van der Waals surface area contributed by atoms with Gasteiger partial charge in [0.2, 0.25) is 0 Å². The zero-order valence-electron chi connectivity index (χ0n) is 17.7. The summed E-state index contributed by atoms with van der Waals surface area (Å²) in [6.07, 6.45) is -2.37. The van der Waals surface area contributed by atoms with Crippen LogP contribution in [0, 0.1) is 0 Å². The molecule has 0 unspecified atom stereocenters. The highest BCUT2D eigenvalue weighted by Gasteiger charge is 2.31. The Morgan fingerprint density at radius 1 is 1.03 bits per heavy atom. The molecule has 2 N–H and O–H groups in total. The Morgan fingerprint density at radius 3 is 2.25 bits per heavy atom. The first kappa shape index (κ1) is 23.0. The van der Waals surface area contributed by atoms with Crippen LogP contribution < -0.4 is 10.6 Å². The quantitative estimate of drug-likeness (QED) is 0.606. The van der Waals surface area contributed by atoms with Crippen LogP contribution in [0.15, 0.2) is 48.8 Å². The van der Waals surface area contributed by atoms with Gasteiger partial charge in [-0.05, 0) is 35.7 Å². The molecule has 7 nitrogen and oxygen atoms in total. The molecule has 3 aromatic rings. The largest absolute Gasteiger partial charge is 0.417 e. The Bertz CT molecular complexity index is 1100. The number of alkyl halides is 3. The molecular formula is C22H22F3N5O2. The normalized spacial score (nSPS) is 11.5. The molecule has 0 saturated heterocycles. The molecule has 168 valence electrons. The van der Waals surface area contributed by atoms with E-state index in [4.69, 9.17) is 0 Å². The summed E-state index contributed by atoms with van der Waals surface area (Å²) in [5.74, 6) is -0.534. The Labute approximate surface area is 182 Å². The highest BCUT2D eigenvalue weighted by Crippen LogP contribution is 2.29. The smallest absolute Gasteiger partial charge is 0.355 e. The van der Waals surface area contributed by atoms with Gasteiger partial charge in [0, 0.05) is 25.4 Å². The third-order valence-corrected chi connectivity index (χ3v) is 4.79. The molecule has 32 heavy (non-hydrogen) atoms. The summed E-state index contributed by atoms with van der Waals surface area (Å²) in [7, 11) is 1.54. The highest BCUT2D eigenvalue weighted by molar-refractivity contribution is 5.95. The van der Waals surface area contributed by atoms with E-state index in [0.29, 0.717) is 16.8 Å². The maximum absolute atomic E-state index is 12.8. The number of nitrogens with zero attached hydrogens (tertiary/aromatic N) is 3. The van der Waals surface area contributed by atoms with Gasteiger partial charge in [0.1, 0.15) is 0 Å². The first-order valence-corrected chi connectivity index (χ1v) is 9.82. The van der Waals surface area contributed by atoms with Crippen LogP contribution in [0.5, 0.6) is 0 Å². The van der Waals surface area contributed by atoms with E-state index in [1.165, 1.54) is 16.9 Å². The fourth-order valence-electron chi connectivity index (χ4n) is 3.15. The van der Waals surface area contributed by atoms with Crippen molar-refractivity contribution in [2.75, 3.05) is 7.05 Å². The van der Waals surface area contributed by atoms with E-state index in [1.54, 1.807) is 31.3 Å². The molecule has 0 spiro atoms. The monoisotopic (exact) mass is 445 g/mol. The van der Waals surface area contributed by atoms with Crippen molar-refractivity contribution in [3.63, 3.8) is 0 Å². The van der Waals surface area contributed by atoms with Crippen LogP contribution >= 0.6 is 0 Å². The third kappa shape index (κ3) is 4.96. The van der Waals surface area contributed by atoms with Gasteiger partial charge in [-0.15, -0.1) is 0 Å². The molecule has 2 heterocycles. The lowest BCUT2D eigenvalue weighted by atomic mass is 10.0. The van der Waals surface area contributed by atoms with Crippen LogP contribution in [0.3, 0.4) is 0 Å². The Kier molecular flexibility index (Phi) is 6.61. The zero-order valence-corrected chi connectivity index (χ0v) is 17.7. The van der Waals surface area contributed by atoms with E-state index in [1.807, 2.05) is 13.8 Å². The number of hydrogen-bond donors (Lipinski definition) is 2. The number of aromatic nitrogens is 3. The van der Waals surface area contributed by atoms with Crippen molar-refractivity contribution >= 4 is 11.8 Å². The minimum absolute atomic E-state index is 0.144. The first-order valence-electron chi connectivity index (χ1n) is 9.82. The number of amides is 2. The summed E-state index contributed by atoms with van der Waals surface area (Å²) >= 11 is 0. The molecule has 0 aliphatic heterocycles. The van der Waals surface area contributed by atoms with Crippen molar-refractivity contribution in [3.8, 4) is 5.82 Å². The number of hydrogen-bond acceptors (Lipinski definition) is 4. The molecular weight excluding hydrogens is 423 g/mol. The van der Waals surface area contributed by atoms with E-state index in [0.717, 1.165) is 17.8 Å². The summed E-state index contributed by atoms with van der Waals surface area (Å²) in [6, 6.07) is 8.95. The van der Waals surface area contributed by atoms with Gasteiger partial charge in [-0.3, -0.25) is 9.59 Å². The number of nitrogens with one attached hydrogen (secondary N) is 2. The van der Waals surface area contributed by atoms with Gasteiger partial charge in [0.25, 0.3) is 11.8 Å². The average Bonchev–Trinajstić information content (AvgIpc) is 3.22. The van der Waals surface area contributed by atoms with E-state index in [2.05, 4.69) is 20.7 Å². The van der Waals surface area contributed by atoms with Crippen molar-refractivity contribution in [1.82, 2.24) is 25.4 Å². The summed E-state index contributed by atoms with van der Waals surface area (Å²) < 4.78 is 39.8. The van der Waals surface area contributed by atoms with Crippen molar-refractivity contribution < 1.29 is 22.8 Å². The zero-order chi connectivity index (χ0) is 23.5. The lowest BCUT2D eigenvalue weighted by molar-refractivity contribution is -0.137. The first-order chi connectivity index (χ1) is 15.1. The number of carbonyl (C=O) groups is 2. The van der Waals surface area contributed by atoms with Crippen LogP contribution in [0.2, 0.25) is 0 Å². The number of rotatable bonds is 6. The molecule has 0 aliphatic rings. The van der Waals surface area contributed by atoms with Crippen LogP contribution in [-0.2, 0) is 12.7 Å². The number of benzene rings is 1. The van der Waals surface area contributed by atoms with Gasteiger partial charge in [-0.2, -0.15) is 18.3 Å². The Morgan fingerprint density at radius 2 is 1.72 bits per heavy atom. The summed E-state index contributed by atoms with van der Waals surface area (Å²) in [5, 5.41) is 9.53. The van der Waals surface area contributed by atoms with Crippen molar-refractivity contribution in [3.05, 3.63) is 76.7 Å². The average molecular weight is 445 g/mol. The van der Waals surface area contributed by atoms with Crippen molar-refractivity contribution in [1.29, 1.82) is 0 Å². The molecule has 2 amide bonds. The van der Waals surface area contributed by atoms with E-state index in [9.17, 15) is 22.8 Å². The van der Waals surface area contributed by atoms with E-state index >= 15 is 0 Å². The number of halogens is 3. The standard InChI is InChI=1S/C22H22F3N5O2/c1-13(2)19-17(12-29-30(19)18-9-8-16(11-27-18)22(23,24)25)21(32)28-10-14-4-6-15(7-5-14)20(31)26-3/h4-9,11-13H,10H2,1-3H3,(H,26,31)(H,28,32). The second-order valence-corrected chi connectivity index (χ2v) is 7.37. The van der Waals surface area contributed by atoms with Crippen LogP contribution in [-0.4, -0.2) is 33.6 Å². The molecule has 0 radical (unpaired) electrons. The molecule has 0 saturated carbocycles. The lowest BCUT2D eigenvalue weighted by Crippen LogP contribution is -2.24. The van der Waals surface area contributed by atoms with Crippen molar-refractivity contribution in [2.24, 2.45) is 0 Å². The second-order valence-electron chi connectivity index (χ2n) is 7.37. The van der Waals surface area contributed by atoms with Gasteiger partial charge in [0.15, 0.2) is 5.82 Å². The van der Waals surface area contributed by atoms with E-state index < -0.39 is 11.7 Å². The molecule has 2 aromatic heterocycles. The number of pyridine rings is 1. The van der Waals surface area contributed by atoms with Gasteiger partial charge in [-0.1, -0.05) is 26.0 Å². The predicted molar refractivity (Wildman–Crippen MR) is 111 cm³/mol. The van der Waals surface area contributed by atoms with Crippen LogP contribution in [0.25, 0.3) is 5.82 Å². The predicted octanol–water partition coefficient (Wildman–Crippen LogP) is 3.70. The van der Waals surface area contributed by atoms with E-state index in [-0.39, 0.29) is 30.1 Å². The van der Waals surface area contributed by atoms with Crippen LogP contribution in [0.4, 0.5) is 13.2 Å². The Hall–Kier alpha value is -3.69.